The number of alkyl halides is 3. The zero-order chi connectivity index (χ0) is 19.7. The van der Waals surface area contributed by atoms with Crippen molar-refractivity contribution >= 4 is 16.9 Å². The SMILES string of the molecule is O=C(Cc1nc2cccc(C(F)(F)F)c2[nH]1)N[C@@H]1CCN(C2CCOCC2)C1. The molecule has 6 nitrogen and oxygen atoms in total. The fraction of sp³-hybridized carbons (Fsp3) is 0.579. The normalized spacial score (nSPS) is 22.0. The van der Waals surface area contributed by atoms with Gasteiger partial charge in [-0.25, -0.2) is 4.98 Å². The number of para-hydroxylation sites is 1. The number of aromatic nitrogens is 2. The molecule has 0 radical (unpaired) electrons. The topological polar surface area (TPSA) is 70.2 Å². The molecule has 2 N–H and O–H groups in total. The van der Waals surface area contributed by atoms with Crippen LogP contribution in [-0.2, 0) is 22.1 Å². The van der Waals surface area contributed by atoms with E-state index in [9.17, 15) is 18.0 Å². The van der Waals surface area contributed by atoms with E-state index in [1.807, 2.05) is 0 Å². The Balaban J connectivity index is 1.36. The van der Waals surface area contributed by atoms with Crippen molar-refractivity contribution in [3.63, 3.8) is 0 Å². The lowest BCUT2D eigenvalue weighted by Gasteiger charge is -2.31. The first-order chi connectivity index (χ1) is 13.4. The molecular formula is C19H23F3N4O2. The van der Waals surface area contributed by atoms with Crippen molar-refractivity contribution < 1.29 is 22.7 Å². The number of fused-ring (bicyclic) bond motifs is 1. The maximum Gasteiger partial charge on any atom is 0.418 e. The molecule has 2 aliphatic heterocycles. The van der Waals surface area contributed by atoms with E-state index in [0.29, 0.717) is 6.04 Å². The van der Waals surface area contributed by atoms with Crippen LogP contribution in [0.3, 0.4) is 0 Å². The van der Waals surface area contributed by atoms with Crippen molar-refractivity contribution in [2.75, 3.05) is 26.3 Å². The maximum atomic E-state index is 13.1. The first kappa shape index (κ1) is 19.2. The fourth-order valence-electron chi connectivity index (χ4n) is 4.12. The number of amides is 1. The molecule has 0 aliphatic carbocycles. The third-order valence-corrected chi connectivity index (χ3v) is 5.49. The van der Waals surface area contributed by atoms with Crippen molar-refractivity contribution in [3.8, 4) is 0 Å². The van der Waals surface area contributed by atoms with Crippen LogP contribution < -0.4 is 5.32 Å². The number of hydrogen-bond donors (Lipinski definition) is 2. The minimum absolute atomic E-state index is 0.0606. The van der Waals surface area contributed by atoms with Gasteiger partial charge >= 0.3 is 6.18 Å². The van der Waals surface area contributed by atoms with Gasteiger partial charge in [-0.3, -0.25) is 9.69 Å². The van der Waals surface area contributed by atoms with E-state index in [2.05, 4.69) is 20.2 Å². The van der Waals surface area contributed by atoms with E-state index in [0.717, 1.165) is 51.6 Å². The van der Waals surface area contributed by atoms with Gasteiger partial charge in [-0.1, -0.05) is 6.07 Å². The number of carbonyl (C=O) groups is 1. The summed E-state index contributed by atoms with van der Waals surface area (Å²) in [4.78, 5) is 21.6. The molecule has 9 heteroatoms. The molecule has 0 unspecified atom stereocenters. The van der Waals surface area contributed by atoms with Crippen LogP contribution in [0.25, 0.3) is 11.0 Å². The van der Waals surface area contributed by atoms with Crippen molar-refractivity contribution in [2.45, 2.75) is 43.9 Å². The van der Waals surface area contributed by atoms with Gasteiger partial charge in [-0.2, -0.15) is 13.2 Å². The number of ether oxygens (including phenoxy) is 1. The second-order valence-electron chi connectivity index (χ2n) is 7.45. The zero-order valence-electron chi connectivity index (χ0n) is 15.4. The molecule has 4 rings (SSSR count). The fourth-order valence-corrected chi connectivity index (χ4v) is 4.12. The second kappa shape index (κ2) is 7.71. The summed E-state index contributed by atoms with van der Waals surface area (Å²) in [5, 5.41) is 2.99. The monoisotopic (exact) mass is 396 g/mol. The molecule has 2 fully saturated rings. The Morgan fingerprint density at radius 2 is 2.07 bits per heavy atom. The van der Waals surface area contributed by atoms with Crippen molar-refractivity contribution in [1.29, 1.82) is 0 Å². The number of imidazole rings is 1. The van der Waals surface area contributed by atoms with E-state index in [1.54, 1.807) is 0 Å². The van der Waals surface area contributed by atoms with Gasteiger partial charge in [0.2, 0.25) is 5.91 Å². The summed E-state index contributed by atoms with van der Waals surface area (Å²) >= 11 is 0. The van der Waals surface area contributed by atoms with Gasteiger partial charge in [0.1, 0.15) is 5.82 Å². The van der Waals surface area contributed by atoms with E-state index in [-0.39, 0.29) is 35.2 Å². The van der Waals surface area contributed by atoms with Crippen LogP contribution in [0.1, 0.15) is 30.7 Å². The number of aromatic amines is 1. The number of halogens is 3. The highest BCUT2D eigenvalue weighted by atomic mass is 19.4. The molecule has 1 aromatic heterocycles. The van der Waals surface area contributed by atoms with Crippen LogP contribution in [0, 0.1) is 0 Å². The lowest BCUT2D eigenvalue weighted by Crippen LogP contribution is -2.42. The van der Waals surface area contributed by atoms with Gasteiger partial charge in [0.05, 0.1) is 23.0 Å². The average molecular weight is 396 g/mol. The first-order valence-electron chi connectivity index (χ1n) is 9.56. The van der Waals surface area contributed by atoms with Crippen molar-refractivity contribution in [3.05, 3.63) is 29.6 Å². The third kappa shape index (κ3) is 4.15. The van der Waals surface area contributed by atoms with Crippen LogP contribution in [0.5, 0.6) is 0 Å². The predicted octanol–water partition coefficient (Wildman–Crippen LogP) is 2.49. The number of carbonyl (C=O) groups excluding carboxylic acids is 1. The highest BCUT2D eigenvalue weighted by Crippen LogP contribution is 2.33. The Morgan fingerprint density at radius 1 is 1.29 bits per heavy atom. The molecule has 0 bridgehead atoms. The second-order valence-corrected chi connectivity index (χ2v) is 7.45. The number of nitrogens with zero attached hydrogens (tertiary/aromatic N) is 2. The summed E-state index contributed by atoms with van der Waals surface area (Å²) in [6.07, 6.45) is -1.63. The van der Waals surface area contributed by atoms with E-state index in [1.165, 1.54) is 12.1 Å². The number of nitrogens with one attached hydrogen (secondary N) is 2. The molecule has 3 heterocycles. The summed E-state index contributed by atoms with van der Waals surface area (Å²) in [6, 6.07) is 4.40. The molecule has 2 aliphatic rings. The van der Waals surface area contributed by atoms with E-state index >= 15 is 0 Å². The standard InChI is InChI=1S/C19H23F3N4O2/c20-19(21,22)14-2-1-3-15-18(14)25-16(24-15)10-17(27)23-12-4-7-26(11-12)13-5-8-28-9-6-13/h1-3,12-13H,4-11H2,(H,23,27)(H,24,25)/t12-/m1/s1. The Kier molecular flexibility index (Phi) is 5.29. The largest absolute Gasteiger partial charge is 0.418 e. The van der Waals surface area contributed by atoms with Crippen LogP contribution in [0.15, 0.2) is 18.2 Å². The Morgan fingerprint density at radius 3 is 2.82 bits per heavy atom. The number of likely N-dealkylation sites (tertiary alicyclic amines) is 1. The Labute approximate surface area is 160 Å². The van der Waals surface area contributed by atoms with Crippen LogP contribution in [-0.4, -0.2) is 59.2 Å². The third-order valence-electron chi connectivity index (χ3n) is 5.49. The molecule has 0 spiro atoms. The lowest BCUT2D eigenvalue weighted by molar-refractivity contribution is -0.136. The Bertz CT molecular complexity index is 845. The summed E-state index contributed by atoms with van der Waals surface area (Å²) in [6.45, 7) is 3.30. The van der Waals surface area contributed by atoms with Crippen LogP contribution >= 0.6 is 0 Å². The van der Waals surface area contributed by atoms with Crippen LogP contribution in [0.4, 0.5) is 13.2 Å². The number of rotatable bonds is 4. The minimum Gasteiger partial charge on any atom is -0.381 e. The molecule has 152 valence electrons. The maximum absolute atomic E-state index is 13.1. The molecule has 0 saturated carbocycles. The Hall–Kier alpha value is -2.13. The molecule has 1 aromatic carbocycles. The summed E-state index contributed by atoms with van der Waals surface area (Å²) in [5.74, 6) is 0.00919. The number of H-pyrrole nitrogens is 1. The van der Waals surface area contributed by atoms with E-state index in [4.69, 9.17) is 4.74 Å². The van der Waals surface area contributed by atoms with Gasteiger partial charge in [0.25, 0.3) is 0 Å². The predicted molar refractivity (Wildman–Crippen MR) is 96.8 cm³/mol. The van der Waals surface area contributed by atoms with E-state index < -0.39 is 11.7 Å². The smallest absolute Gasteiger partial charge is 0.381 e. The summed E-state index contributed by atoms with van der Waals surface area (Å²) < 4.78 is 44.7. The van der Waals surface area contributed by atoms with Gasteiger partial charge < -0.3 is 15.0 Å². The highest BCUT2D eigenvalue weighted by Gasteiger charge is 2.34. The minimum atomic E-state index is -4.47. The van der Waals surface area contributed by atoms with Gasteiger partial charge in [-0.05, 0) is 31.4 Å². The van der Waals surface area contributed by atoms with Crippen LogP contribution in [0.2, 0.25) is 0 Å². The van der Waals surface area contributed by atoms with Crippen molar-refractivity contribution in [1.82, 2.24) is 20.2 Å². The molecule has 2 aromatic rings. The van der Waals surface area contributed by atoms with Gasteiger partial charge in [0.15, 0.2) is 0 Å². The van der Waals surface area contributed by atoms with Gasteiger partial charge in [-0.15, -0.1) is 0 Å². The zero-order valence-corrected chi connectivity index (χ0v) is 15.4. The first-order valence-corrected chi connectivity index (χ1v) is 9.56. The number of hydrogen-bond acceptors (Lipinski definition) is 4. The average Bonchev–Trinajstić information content (AvgIpc) is 3.27. The van der Waals surface area contributed by atoms with Gasteiger partial charge in [0, 0.05) is 38.4 Å². The quantitative estimate of drug-likeness (QED) is 0.833. The lowest BCUT2D eigenvalue weighted by atomic mass is 10.1. The molecule has 28 heavy (non-hydrogen) atoms. The number of benzene rings is 1. The summed E-state index contributed by atoms with van der Waals surface area (Å²) in [5.41, 5.74) is -0.638. The molecule has 1 atom stereocenters. The molecule has 1 amide bonds. The summed E-state index contributed by atoms with van der Waals surface area (Å²) in [7, 11) is 0. The molecule has 2 saturated heterocycles. The van der Waals surface area contributed by atoms with Crippen molar-refractivity contribution in [2.24, 2.45) is 0 Å². The highest BCUT2D eigenvalue weighted by molar-refractivity contribution is 5.82. The molecular weight excluding hydrogens is 373 g/mol.